The summed E-state index contributed by atoms with van der Waals surface area (Å²) in [6.07, 6.45) is 2.85. The van der Waals surface area contributed by atoms with Gasteiger partial charge < -0.3 is 10.2 Å². The zero-order chi connectivity index (χ0) is 22.1. The number of aryl methyl sites for hydroxylation is 3. The zero-order valence-corrected chi connectivity index (χ0v) is 19.1. The standard InChI is InChI=1S/C26H36N2O2/c1-6-8-14-27-26(30)24(7-2)28(18-23-11-9-10-19(3)15-23)25(29)17-22-13-12-20(4)21(5)16-22/h9-13,15-16,24H,6-8,14,17-18H2,1-5H3,(H,27,30). The molecule has 0 saturated carbocycles. The monoisotopic (exact) mass is 408 g/mol. The van der Waals surface area contributed by atoms with Gasteiger partial charge in [-0.3, -0.25) is 9.59 Å². The molecule has 2 aromatic carbocycles. The van der Waals surface area contributed by atoms with Crippen molar-refractivity contribution in [3.63, 3.8) is 0 Å². The van der Waals surface area contributed by atoms with Gasteiger partial charge in [0.15, 0.2) is 0 Å². The van der Waals surface area contributed by atoms with E-state index in [1.807, 2.05) is 38.1 Å². The van der Waals surface area contributed by atoms with Crippen molar-refractivity contribution in [3.8, 4) is 0 Å². The van der Waals surface area contributed by atoms with Crippen molar-refractivity contribution in [2.45, 2.75) is 72.9 Å². The summed E-state index contributed by atoms with van der Waals surface area (Å²) >= 11 is 0. The molecule has 0 aliphatic carbocycles. The van der Waals surface area contributed by atoms with E-state index in [0.717, 1.165) is 29.5 Å². The third kappa shape index (κ3) is 6.72. The lowest BCUT2D eigenvalue weighted by atomic mass is 10.0. The smallest absolute Gasteiger partial charge is 0.242 e. The summed E-state index contributed by atoms with van der Waals surface area (Å²) in [7, 11) is 0. The van der Waals surface area contributed by atoms with Gasteiger partial charge in [-0.05, 0) is 55.9 Å². The Kier molecular flexibility index (Phi) is 9.10. The number of hydrogen-bond acceptors (Lipinski definition) is 2. The lowest BCUT2D eigenvalue weighted by Crippen LogP contribution is -2.49. The summed E-state index contributed by atoms with van der Waals surface area (Å²) in [6, 6.07) is 13.8. The minimum absolute atomic E-state index is 0.0164. The van der Waals surface area contributed by atoms with Gasteiger partial charge in [0.25, 0.3) is 0 Å². The average molecular weight is 409 g/mol. The zero-order valence-electron chi connectivity index (χ0n) is 19.1. The highest BCUT2D eigenvalue weighted by molar-refractivity contribution is 5.88. The van der Waals surface area contributed by atoms with Crippen LogP contribution in [0.1, 0.15) is 60.9 Å². The first-order chi connectivity index (χ1) is 14.3. The molecule has 0 spiro atoms. The van der Waals surface area contributed by atoms with Crippen LogP contribution in [0.4, 0.5) is 0 Å². The number of carbonyl (C=O) groups is 2. The molecule has 0 radical (unpaired) electrons. The second-order valence-corrected chi connectivity index (χ2v) is 8.17. The van der Waals surface area contributed by atoms with Crippen LogP contribution in [0.15, 0.2) is 42.5 Å². The molecule has 30 heavy (non-hydrogen) atoms. The van der Waals surface area contributed by atoms with E-state index >= 15 is 0 Å². The number of rotatable bonds is 10. The second-order valence-electron chi connectivity index (χ2n) is 8.17. The molecular formula is C26H36N2O2. The molecule has 0 fully saturated rings. The van der Waals surface area contributed by atoms with Gasteiger partial charge >= 0.3 is 0 Å². The van der Waals surface area contributed by atoms with Crippen LogP contribution in [-0.2, 0) is 22.6 Å². The summed E-state index contributed by atoms with van der Waals surface area (Å²) in [5.41, 5.74) is 5.57. The van der Waals surface area contributed by atoms with Crippen LogP contribution < -0.4 is 5.32 Å². The molecule has 2 rings (SSSR count). The maximum Gasteiger partial charge on any atom is 0.242 e. The Morgan fingerprint density at radius 1 is 0.967 bits per heavy atom. The molecule has 1 atom stereocenters. The lowest BCUT2D eigenvalue weighted by molar-refractivity contribution is -0.140. The minimum atomic E-state index is -0.471. The molecule has 0 bridgehead atoms. The maximum absolute atomic E-state index is 13.4. The topological polar surface area (TPSA) is 49.4 Å². The van der Waals surface area contributed by atoms with Crippen LogP contribution in [0.25, 0.3) is 0 Å². The molecule has 0 aromatic heterocycles. The van der Waals surface area contributed by atoms with Gasteiger partial charge in [0.2, 0.25) is 11.8 Å². The minimum Gasteiger partial charge on any atom is -0.354 e. The predicted molar refractivity (Wildman–Crippen MR) is 123 cm³/mol. The van der Waals surface area contributed by atoms with Crippen molar-refractivity contribution in [2.24, 2.45) is 0 Å². The largest absolute Gasteiger partial charge is 0.354 e. The van der Waals surface area contributed by atoms with E-state index in [4.69, 9.17) is 0 Å². The number of carbonyl (C=O) groups excluding carboxylic acids is 2. The number of hydrogen-bond donors (Lipinski definition) is 1. The number of amides is 2. The summed E-state index contributed by atoms with van der Waals surface area (Å²) in [5.74, 6) is -0.0794. The van der Waals surface area contributed by atoms with E-state index in [1.54, 1.807) is 4.90 Å². The van der Waals surface area contributed by atoms with Crippen LogP contribution in [0.5, 0.6) is 0 Å². The van der Waals surface area contributed by atoms with Crippen LogP contribution in [0.2, 0.25) is 0 Å². The number of unbranched alkanes of at least 4 members (excludes halogenated alkanes) is 1. The lowest BCUT2D eigenvalue weighted by Gasteiger charge is -2.31. The van der Waals surface area contributed by atoms with Gasteiger partial charge in [-0.15, -0.1) is 0 Å². The van der Waals surface area contributed by atoms with Crippen LogP contribution in [0, 0.1) is 20.8 Å². The first-order valence-corrected chi connectivity index (χ1v) is 11.0. The quantitative estimate of drug-likeness (QED) is 0.570. The average Bonchev–Trinajstić information content (AvgIpc) is 2.71. The summed E-state index contributed by atoms with van der Waals surface area (Å²) < 4.78 is 0. The van der Waals surface area contributed by atoms with E-state index < -0.39 is 6.04 Å². The Morgan fingerprint density at radius 2 is 1.73 bits per heavy atom. The van der Waals surface area contributed by atoms with Crippen LogP contribution >= 0.6 is 0 Å². The van der Waals surface area contributed by atoms with E-state index in [2.05, 4.69) is 44.3 Å². The Bertz CT molecular complexity index is 860. The van der Waals surface area contributed by atoms with Crippen molar-refractivity contribution in [1.82, 2.24) is 10.2 Å². The predicted octanol–water partition coefficient (Wildman–Crippen LogP) is 4.88. The summed E-state index contributed by atoms with van der Waals surface area (Å²) in [6.45, 7) is 11.3. The van der Waals surface area contributed by atoms with Crippen LogP contribution in [0.3, 0.4) is 0 Å². The molecule has 162 valence electrons. The number of nitrogens with one attached hydrogen (secondary N) is 1. The van der Waals surface area contributed by atoms with Crippen molar-refractivity contribution in [3.05, 3.63) is 70.3 Å². The molecule has 0 saturated heterocycles. The fraction of sp³-hybridized carbons (Fsp3) is 0.462. The molecule has 4 heteroatoms. The van der Waals surface area contributed by atoms with Crippen LogP contribution in [-0.4, -0.2) is 29.3 Å². The van der Waals surface area contributed by atoms with Gasteiger partial charge in [0.05, 0.1) is 6.42 Å². The van der Waals surface area contributed by atoms with Crippen molar-refractivity contribution < 1.29 is 9.59 Å². The van der Waals surface area contributed by atoms with E-state index in [9.17, 15) is 9.59 Å². The van der Waals surface area contributed by atoms with Crippen molar-refractivity contribution >= 4 is 11.8 Å². The van der Waals surface area contributed by atoms with Gasteiger partial charge in [-0.2, -0.15) is 0 Å². The maximum atomic E-state index is 13.4. The fourth-order valence-corrected chi connectivity index (χ4v) is 3.62. The Labute approximate surface area is 181 Å². The molecule has 0 aliphatic rings. The highest BCUT2D eigenvalue weighted by Crippen LogP contribution is 2.17. The highest BCUT2D eigenvalue weighted by Gasteiger charge is 2.28. The number of benzene rings is 2. The summed E-state index contributed by atoms with van der Waals surface area (Å²) in [4.78, 5) is 28.0. The molecule has 1 N–H and O–H groups in total. The summed E-state index contributed by atoms with van der Waals surface area (Å²) in [5, 5.41) is 3.01. The van der Waals surface area contributed by atoms with E-state index in [1.165, 1.54) is 11.1 Å². The third-order valence-electron chi connectivity index (χ3n) is 5.58. The van der Waals surface area contributed by atoms with E-state index in [-0.39, 0.29) is 11.8 Å². The van der Waals surface area contributed by atoms with Gasteiger partial charge in [0.1, 0.15) is 6.04 Å². The highest BCUT2D eigenvalue weighted by atomic mass is 16.2. The SMILES string of the molecule is CCCCNC(=O)C(CC)N(Cc1cccc(C)c1)C(=O)Cc1ccc(C)c(C)c1. The number of nitrogens with zero attached hydrogens (tertiary/aromatic N) is 1. The first-order valence-electron chi connectivity index (χ1n) is 11.0. The fourth-order valence-electron chi connectivity index (χ4n) is 3.62. The van der Waals surface area contributed by atoms with Crippen molar-refractivity contribution in [2.75, 3.05) is 6.54 Å². The Morgan fingerprint density at radius 3 is 2.37 bits per heavy atom. The molecular weight excluding hydrogens is 372 g/mol. The van der Waals surface area contributed by atoms with Gasteiger partial charge in [-0.1, -0.05) is 68.3 Å². The first kappa shape index (κ1) is 23.7. The van der Waals surface area contributed by atoms with Gasteiger partial charge in [0, 0.05) is 13.1 Å². The molecule has 4 nitrogen and oxygen atoms in total. The Hall–Kier alpha value is -2.62. The van der Waals surface area contributed by atoms with E-state index in [0.29, 0.717) is 25.9 Å². The molecule has 0 heterocycles. The Balaban J connectivity index is 2.26. The molecule has 2 amide bonds. The third-order valence-corrected chi connectivity index (χ3v) is 5.58. The van der Waals surface area contributed by atoms with Crippen molar-refractivity contribution in [1.29, 1.82) is 0 Å². The second kappa shape index (κ2) is 11.5. The molecule has 1 unspecified atom stereocenters. The van der Waals surface area contributed by atoms with Gasteiger partial charge in [-0.25, -0.2) is 0 Å². The molecule has 0 aliphatic heterocycles. The normalized spacial score (nSPS) is 11.8. The molecule has 2 aromatic rings.